The highest BCUT2D eigenvalue weighted by Gasteiger charge is 2.19. The van der Waals surface area contributed by atoms with Gasteiger partial charge in [0, 0.05) is 12.6 Å². The Morgan fingerprint density at radius 2 is 1.92 bits per heavy atom. The minimum atomic E-state index is 0.0156. The predicted octanol–water partition coefficient (Wildman–Crippen LogP) is 1.87. The fraction of sp³-hybridized carbons (Fsp3) is 0.700. The summed E-state index contributed by atoms with van der Waals surface area (Å²) in [6, 6.07) is 0. The van der Waals surface area contributed by atoms with Crippen molar-refractivity contribution in [3.05, 3.63) is 12.2 Å². The summed E-state index contributed by atoms with van der Waals surface area (Å²) in [6.07, 6.45) is 6.11. The van der Waals surface area contributed by atoms with E-state index in [0.29, 0.717) is 5.92 Å². The molecule has 0 bridgehead atoms. The summed E-state index contributed by atoms with van der Waals surface area (Å²) in [4.78, 5) is 11.2. The number of carbonyl (C=O) groups excluding carboxylic acids is 1. The highest BCUT2D eigenvalue weighted by molar-refractivity contribution is 5.92. The maximum atomic E-state index is 11.2. The summed E-state index contributed by atoms with van der Waals surface area (Å²) in [7, 11) is 1.66. The van der Waals surface area contributed by atoms with Crippen LogP contribution in [0.4, 0.5) is 0 Å². The first-order chi connectivity index (χ1) is 5.75. The molecule has 0 spiro atoms. The van der Waals surface area contributed by atoms with E-state index in [4.69, 9.17) is 0 Å². The Hall–Kier alpha value is -0.790. The lowest BCUT2D eigenvalue weighted by Crippen LogP contribution is -2.25. The lowest BCUT2D eigenvalue weighted by atomic mass is 9.84. The number of amides is 1. The Morgan fingerprint density at radius 1 is 1.33 bits per heavy atom. The molecule has 1 rings (SSSR count). The molecule has 1 saturated carbocycles. The van der Waals surface area contributed by atoms with Crippen molar-refractivity contribution in [2.45, 2.75) is 32.1 Å². The van der Waals surface area contributed by atoms with Crippen LogP contribution in [0.15, 0.2) is 12.2 Å². The Balaban J connectivity index is 2.45. The van der Waals surface area contributed by atoms with E-state index >= 15 is 0 Å². The van der Waals surface area contributed by atoms with Gasteiger partial charge >= 0.3 is 0 Å². The normalized spacial score (nSPS) is 18.8. The van der Waals surface area contributed by atoms with E-state index in [1.54, 1.807) is 7.05 Å². The van der Waals surface area contributed by atoms with Gasteiger partial charge in [-0.3, -0.25) is 4.79 Å². The molecule has 0 aromatic rings. The third-order valence-corrected chi connectivity index (χ3v) is 2.62. The predicted molar refractivity (Wildman–Crippen MR) is 49.8 cm³/mol. The first kappa shape index (κ1) is 9.30. The van der Waals surface area contributed by atoms with Crippen LogP contribution in [0.3, 0.4) is 0 Å². The molecule has 0 aliphatic heterocycles. The van der Waals surface area contributed by atoms with Crippen molar-refractivity contribution in [2.24, 2.45) is 5.92 Å². The lowest BCUT2D eigenvalue weighted by molar-refractivity contribution is -0.117. The van der Waals surface area contributed by atoms with Crippen molar-refractivity contribution >= 4 is 5.91 Å². The number of hydrogen-bond acceptors (Lipinski definition) is 1. The molecular formula is C10H17NO. The molecule has 68 valence electrons. The molecule has 0 heterocycles. The summed E-state index contributed by atoms with van der Waals surface area (Å²) < 4.78 is 0. The number of carbonyl (C=O) groups is 1. The average molecular weight is 167 g/mol. The van der Waals surface area contributed by atoms with Gasteiger partial charge in [-0.05, 0) is 18.8 Å². The minimum absolute atomic E-state index is 0.0156. The number of nitrogens with one attached hydrogen (secondary N) is 1. The van der Waals surface area contributed by atoms with E-state index in [9.17, 15) is 4.79 Å². The van der Waals surface area contributed by atoms with Gasteiger partial charge in [0.05, 0.1) is 0 Å². The molecule has 2 nitrogen and oxygen atoms in total. The van der Waals surface area contributed by atoms with Crippen LogP contribution in [0.2, 0.25) is 0 Å². The molecule has 0 atom stereocenters. The molecule has 12 heavy (non-hydrogen) atoms. The van der Waals surface area contributed by atoms with Gasteiger partial charge in [-0.1, -0.05) is 25.8 Å². The van der Waals surface area contributed by atoms with Gasteiger partial charge < -0.3 is 5.32 Å². The second kappa shape index (κ2) is 4.29. The number of rotatable bonds is 2. The highest BCUT2D eigenvalue weighted by Crippen LogP contribution is 2.28. The van der Waals surface area contributed by atoms with Gasteiger partial charge in [0.15, 0.2) is 0 Å². The average Bonchev–Trinajstić information content (AvgIpc) is 2.17. The monoisotopic (exact) mass is 167 g/mol. The summed E-state index contributed by atoms with van der Waals surface area (Å²) >= 11 is 0. The molecule has 0 aromatic carbocycles. The van der Waals surface area contributed by atoms with Crippen molar-refractivity contribution in [2.75, 3.05) is 7.05 Å². The van der Waals surface area contributed by atoms with Crippen LogP contribution in [0.25, 0.3) is 0 Å². The van der Waals surface area contributed by atoms with Crippen molar-refractivity contribution in [1.29, 1.82) is 0 Å². The van der Waals surface area contributed by atoms with Crippen LogP contribution in [0.5, 0.6) is 0 Å². The fourth-order valence-corrected chi connectivity index (χ4v) is 1.80. The second-order valence-corrected chi connectivity index (χ2v) is 3.44. The Morgan fingerprint density at radius 3 is 2.42 bits per heavy atom. The summed E-state index contributed by atoms with van der Waals surface area (Å²) in [5.41, 5.74) is 0.775. The summed E-state index contributed by atoms with van der Waals surface area (Å²) in [6.45, 7) is 3.84. The topological polar surface area (TPSA) is 29.1 Å². The van der Waals surface area contributed by atoms with Crippen LogP contribution in [-0.4, -0.2) is 13.0 Å². The molecule has 1 fully saturated rings. The van der Waals surface area contributed by atoms with Crippen LogP contribution in [-0.2, 0) is 4.79 Å². The molecule has 0 radical (unpaired) electrons. The first-order valence-electron chi connectivity index (χ1n) is 4.66. The fourth-order valence-electron chi connectivity index (χ4n) is 1.80. The van der Waals surface area contributed by atoms with Gasteiger partial charge in [-0.25, -0.2) is 0 Å². The van der Waals surface area contributed by atoms with Gasteiger partial charge in [0.1, 0.15) is 0 Å². The third kappa shape index (κ3) is 2.10. The first-order valence-corrected chi connectivity index (χ1v) is 4.66. The molecule has 1 amide bonds. The molecule has 1 aliphatic rings. The molecule has 1 aliphatic carbocycles. The van der Waals surface area contributed by atoms with Gasteiger partial charge in [-0.15, -0.1) is 0 Å². The Kier molecular flexibility index (Phi) is 3.32. The molecule has 2 heteroatoms. The lowest BCUT2D eigenvalue weighted by Gasteiger charge is -2.22. The van der Waals surface area contributed by atoms with E-state index in [-0.39, 0.29) is 5.91 Å². The van der Waals surface area contributed by atoms with Crippen molar-refractivity contribution in [3.63, 3.8) is 0 Å². The molecule has 0 aromatic heterocycles. The summed E-state index contributed by atoms with van der Waals surface area (Å²) in [5, 5.41) is 2.62. The smallest absolute Gasteiger partial charge is 0.246 e. The van der Waals surface area contributed by atoms with E-state index < -0.39 is 0 Å². The van der Waals surface area contributed by atoms with Crippen LogP contribution >= 0.6 is 0 Å². The van der Waals surface area contributed by atoms with Gasteiger partial charge in [0.25, 0.3) is 0 Å². The van der Waals surface area contributed by atoms with E-state index in [2.05, 4.69) is 11.9 Å². The minimum Gasteiger partial charge on any atom is -0.355 e. The van der Waals surface area contributed by atoms with Crippen molar-refractivity contribution in [3.8, 4) is 0 Å². The standard InChI is InChI=1S/C10H17NO/c1-8(10(12)11-2)9-6-4-3-5-7-9/h9H,1,3-7H2,2H3,(H,11,12). The van der Waals surface area contributed by atoms with Crippen molar-refractivity contribution < 1.29 is 4.79 Å². The van der Waals surface area contributed by atoms with Crippen LogP contribution in [0, 0.1) is 5.92 Å². The highest BCUT2D eigenvalue weighted by atomic mass is 16.1. The summed E-state index contributed by atoms with van der Waals surface area (Å²) in [5.74, 6) is 0.459. The zero-order chi connectivity index (χ0) is 8.97. The van der Waals surface area contributed by atoms with Gasteiger partial charge in [-0.2, -0.15) is 0 Å². The Bertz CT molecular complexity index is 180. The van der Waals surface area contributed by atoms with E-state index in [1.165, 1.54) is 19.3 Å². The van der Waals surface area contributed by atoms with Gasteiger partial charge in [0.2, 0.25) is 5.91 Å². The Labute approximate surface area is 74.0 Å². The largest absolute Gasteiger partial charge is 0.355 e. The number of hydrogen-bond donors (Lipinski definition) is 1. The maximum Gasteiger partial charge on any atom is 0.246 e. The molecule has 0 saturated heterocycles. The van der Waals surface area contributed by atoms with Crippen LogP contribution in [0.1, 0.15) is 32.1 Å². The zero-order valence-electron chi connectivity index (χ0n) is 7.73. The quantitative estimate of drug-likeness (QED) is 0.625. The van der Waals surface area contributed by atoms with E-state index in [1.807, 2.05) is 0 Å². The SMILES string of the molecule is C=C(C(=O)NC)C1CCCCC1. The second-order valence-electron chi connectivity index (χ2n) is 3.44. The molecular weight excluding hydrogens is 150 g/mol. The number of likely N-dealkylation sites (N-methyl/N-ethyl adjacent to an activating group) is 1. The zero-order valence-corrected chi connectivity index (χ0v) is 7.73. The molecule has 1 N–H and O–H groups in total. The van der Waals surface area contributed by atoms with E-state index in [0.717, 1.165) is 18.4 Å². The third-order valence-electron chi connectivity index (χ3n) is 2.62. The maximum absolute atomic E-state index is 11.2. The van der Waals surface area contributed by atoms with Crippen molar-refractivity contribution in [1.82, 2.24) is 5.32 Å². The van der Waals surface area contributed by atoms with Crippen LogP contribution < -0.4 is 5.32 Å². The molecule has 0 unspecified atom stereocenters.